The molecular weight excluding hydrogens is 329 g/mol. The number of aliphatic hydroxyl groups excluding tert-OH is 1. The molecule has 0 aliphatic rings. The molecule has 0 aliphatic heterocycles. The molecule has 3 aromatic rings. The van der Waals surface area contributed by atoms with Crippen molar-refractivity contribution in [3.63, 3.8) is 0 Å². The summed E-state index contributed by atoms with van der Waals surface area (Å²) in [4.78, 5) is 19.4. The molecule has 0 spiro atoms. The molecule has 0 bridgehead atoms. The molecule has 0 saturated heterocycles. The van der Waals surface area contributed by atoms with E-state index in [1.807, 2.05) is 6.07 Å². The number of anilines is 1. The van der Waals surface area contributed by atoms with E-state index in [0.717, 1.165) is 11.3 Å². The number of hydrogen-bond donors (Lipinski definition) is 3. The number of carbonyl (C=O) groups excluding carboxylic acids is 1. The summed E-state index contributed by atoms with van der Waals surface area (Å²) >= 11 is 1.60. The molecule has 0 aliphatic carbocycles. The molecular formula is C17H16FN3O2S. The Morgan fingerprint density at radius 1 is 1.33 bits per heavy atom. The van der Waals surface area contributed by atoms with Gasteiger partial charge in [-0.15, -0.1) is 0 Å². The van der Waals surface area contributed by atoms with E-state index in [9.17, 15) is 9.18 Å². The van der Waals surface area contributed by atoms with Crippen molar-refractivity contribution in [1.29, 1.82) is 0 Å². The largest absolute Gasteiger partial charge is 0.396 e. The number of aromatic nitrogens is 2. The molecule has 0 fully saturated rings. The van der Waals surface area contributed by atoms with Crippen LogP contribution >= 0.6 is 11.8 Å². The monoisotopic (exact) mass is 345 g/mol. The van der Waals surface area contributed by atoms with Crippen LogP contribution in [0.4, 0.5) is 10.2 Å². The van der Waals surface area contributed by atoms with Crippen molar-refractivity contribution < 1.29 is 14.3 Å². The number of hydrogen-bond acceptors (Lipinski definition) is 4. The van der Waals surface area contributed by atoms with E-state index in [1.165, 1.54) is 12.1 Å². The van der Waals surface area contributed by atoms with E-state index in [1.54, 1.807) is 36.2 Å². The van der Waals surface area contributed by atoms with E-state index in [-0.39, 0.29) is 24.0 Å². The van der Waals surface area contributed by atoms with Crippen molar-refractivity contribution in [2.45, 2.75) is 5.75 Å². The van der Waals surface area contributed by atoms with Gasteiger partial charge < -0.3 is 15.4 Å². The number of pyridine rings is 1. The van der Waals surface area contributed by atoms with Crippen molar-refractivity contribution in [3.8, 4) is 0 Å². The first-order valence-electron chi connectivity index (χ1n) is 7.39. The van der Waals surface area contributed by atoms with Gasteiger partial charge in [0.05, 0.1) is 6.61 Å². The molecule has 0 radical (unpaired) electrons. The van der Waals surface area contributed by atoms with E-state index < -0.39 is 0 Å². The van der Waals surface area contributed by atoms with E-state index in [2.05, 4.69) is 15.3 Å². The Hall–Kier alpha value is -2.38. The molecule has 2 aromatic heterocycles. The number of carbonyl (C=O) groups is 1. The van der Waals surface area contributed by atoms with Gasteiger partial charge >= 0.3 is 0 Å². The molecule has 1 aromatic carbocycles. The summed E-state index contributed by atoms with van der Waals surface area (Å²) in [6.07, 6.45) is 1.62. The van der Waals surface area contributed by atoms with Gasteiger partial charge in [0, 0.05) is 28.6 Å². The predicted molar refractivity (Wildman–Crippen MR) is 93.7 cm³/mol. The third kappa shape index (κ3) is 3.74. The zero-order valence-corrected chi connectivity index (χ0v) is 13.6. The SMILES string of the molecule is O=C(Nc1cc(CSCCO)ccn1)c1cc2c(F)cccc2[nH]1. The maximum absolute atomic E-state index is 13.7. The topological polar surface area (TPSA) is 78.0 Å². The number of nitrogens with one attached hydrogen (secondary N) is 2. The standard InChI is InChI=1S/C17H16FN3O2S/c18-13-2-1-3-14-12(13)9-15(20-14)17(23)21-16-8-11(4-5-19-16)10-24-7-6-22/h1-5,8-9,20,22H,6-7,10H2,(H,19,21,23). The van der Waals surface area contributed by atoms with Crippen molar-refractivity contribution >= 4 is 34.4 Å². The molecule has 24 heavy (non-hydrogen) atoms. The predicted octanol–water partition coefficient (Wildman–Crippen LogP) is 3.18. The summed E-state index contributed by atoms with van der Waals surface area (Å²) < 4.78 is 13.7. The molecule has 124 valence electrons. The van der Waals surface area contributed by atoms with Gasteiger partial charge in [-0.2, -0.15) is 11.8 Å². The second-order valence-electron chi connectivity index (χ2n) is 5.16. The second kappa shape index (κ2) is 7.46. The third-order valence-corrected chi connectivity index (χ3v) is 4.43. The van der Waals surface area contributed by atoms with Crippen molar-refractivity contribution in [3.05, 3.63) is 59.7 Å². The minimum absolute atomic E-state index is 0.135. The Morgan fingerprint density at radius 2 is 2.21 bits per heavy atom. The zero-order valence-electron chi connectivity index (χ0n) is 12.8. The fourth-order valence-corrected chi connectivity index (χ4v) is 3.00. The number of fused-ring (bicyclic) bond motifs is 1. The molecule has 2 heterocycles. The lowest BCUT2D eigenvalue weighted by Crippen LogP contribution is -2.13. The summed E-state index contributed by atoms with van der Waals surface area (Å²) in [5, 5.41) is 11.9. The van der Waals surface area contributed by atoms with Crippen LogP contribution in [0.3, 0.4) is 0 Å². The van der Waals surface area contributed by atoms with Gasteiger partial charge in [0.15, 0.2) is 0 Å². The smallest absolute Gasteiger partial charge is 0.273 e. The summed E-state index contributed by atoms with van der Waals surface area (Å²) in [5.41, 5.74) is 1.85. The van der Waals surface area contributed by atoms with Crippen LogP contribution < -0.4 is 5.32 Å². The maximum Gasteiger partial charge on any atom is 0.273 e. The Balaban J connectivity index is 1.74. The Bertz CT molecular complexity index is 866. The molecule has 0 unspecified atom stereocenters. The molecule has 3 rings (SSSR count). The van der Waals surface area contributed by atoms with Gasteiger partial charge in [-0.05, 0) is 35.9 Å². The number of nitrogens with zero attached hydrogens (tertiary/aromatic N) is 1. The van der Waals surface area contributed by atoms with Gasteiger partial charge in [-0.25, -0.2) is 9.37 Å². The zero-order chi connectivity index (χ0) is 16.9. The van der Waals surface area contributed by atoms with Gasteiger partial charge in [0.25, 0.3) is 5.91 Å². The fourth-order valence-electron chi connectivity index (χ4n) is 2.31. The highest BCUT2D eigenvalue weighted by atomic mass is 32.2. The molecule has 1 amide bonds. The van der Waals surface area contributed by atoms with E-state index >= 15 is 0 Å². The van der Waals surface area contributed by atoms with Crippen LogP contribution in [0.2, 0.25) is 0 Å². The minimum Gasteiger partial charge on any atom is -0.396 e. The average molecular weight is 345 g/mol. The number of aliphatic hydroxyl groups is 1. The molecule has 0 atom stereocenters. The summed E-state index contributed by atoms with van der Waals surface area (Å²) in [6, 6.07) is 9.79. The van der Waals surface area contributed by atoms with Crippen LogP contribution in [0.15, 0.2) is 42.6 Å². The van der Waals surface area contributed by atoms with Gasteiger partial charge in [0.2, 0.25) is 0 Å². The van der Waals surface area contributed by atoms with Crippen LogP contribution in [0, 0.1) is 5.82 Å². The van der Waals surface area contributed by atoms with Crippen LogP contribution in [0.5, 0.6) is 0 Å². The molecule has 0 saturated carbocycles. The van der Waals surface area contributed by atoms with Gasteiger partial charge in [-0.3, -0.25) is 4.79 Å². The van der Waals surface area contributed by atoms with Crippen molar-refractivity contribution in [2.24, 2.45) is 0 Å². The number of benzene rings is 1. The first kappa shape index (κ1) is 16.5. The lowest BCUT2D eigenvalue weighted by Gasteiger charge is -2.05. The summed E-state index contributed by atoms with van der Waals surface area (Å²) in [5.74, 6) is 1.07. The summed E-state index contributed by atoms with van der Waals surface area (Å²) in [7, 11) is 0. The van der Waals surface area contributed by atoms with Gasteiger partial charge in [0.1, 0.15) is 17.3 Å². The quantitative estimate of drug-likeness (QED) is 0.600. The van der Waals surface area contributed by atoms with Crippen LogP contribution in [0.1, 0.15) is 16.1 Å². The number of thioether (sulfide) groups is 1. The van der Waals surface area contributed by atoms with Crippen LogP contribution in [-0.2, 0) is 5.75 Å². The first-order valence-corrected chi connectivity index (χ1v) is 8.55. The lowest BCUT2D eigenvalue weighted by atomic mass is 10.2. The number of H-pyrrole nitrogens is 1. The van der Waals surface area contributed by atoms with Crippen LogP contribution in [0.25, 0.3) is 10.9 Å². The van der Waals surface area contributed by atoms with Crippen LogP contribution in [-0.4, -0.2) is 33.3 Å². The highest BCUT2D eigenvalue weighted by Crippen LogP contribution is 2.20. The number of rotatable bonds is 6. The van der Waals surface area contributed by atoms with Gasteiger partial charge in [-0.1, -0.05) is 6.07 Å². The summed E-state index contributed by atoms with van der Waals surface area (Å²) in [6.45, 7) is 0.135. The minimum atomic E-state index is -0.377. The van der Waals surface area contributed by atoms with E-state index in [0.29, 0.717) is 22.5 Å². The molecule has 5 nitrogen and oxygen atoms in total. The maximum atomic E-state index is 13.7. The Labute approximate surface area is 142 Å². The van der Waals surface area contributed by atoms with Crippen molar-refractivity contribution in [2.75, 3.05) is 17.7 Å². The molecule has 3 N–H and O–H groups in total. The average Bonchev–Trinajstić information content (AvgIpc) is 3.01. The Morgan fingerprint density at radius 3 is 3.00 bits per heavy atom. The normalized spacial score (nSPS) is 10.9. The Kier molecular flexibility index (Phi) is 5.12. The highest BCUT2D eigenvalue weighted by molar-refractivity contribution is 7.98. The lowest BCUT2D eigenvalue weighted by molar-refractivity contribution is 0.102. The molecule has 7 heteroatoms. The van der Waals surface area contributed by atoms with Crippen molar-refractivity contribution in [1.82, 2.24) is 9.97 Å². The number of halogens is 1. The highest BCUT2D eigenvalue weighted by Gasteiger charge is 2.12. The van der Waals surface area contributed by atoms with E-state index in [4.69, 9.17) is 5.11 Å². The number of aromatic amines is 1. The third-order valence-electron chi connectivity index (χ3n) is 3.43. The number of amides is 1. The second-order valence-corrected chi connectivity index (χ2v) is 6.27. The fraction of sp³-hybridized carbons (Fsp3) is 0.176. The first-order chi connectivity index (χ1) is 11.7.